The second-order valence-electron chi connectivity index (χ2n) is 9.97. The van der Waals surface area contributed by atoms with Crippen LogP contribution in [0.5, 0.6) is 0 Å². The van der Waals surface area contributed by atoms with Crippen molar-refractivity contribution in [3.63, 3.8) is 0 Å². The van der Waals surface area contributed by atoms with Crippen LogP contribution in [0.3, 0.4) is 0 Å². The summed E-state index contributed by atoms with van der Waals surface area (Å²) in [6, 6.07) is 55.8. The molecule has 0 spiro atoms. The number of aromatic nitrogens is 1. The van der Waals surface area contributed by atoms with E-state index >= 15 is 0 Å². The van der Waals surface area contributed by atoms with Crippen molar-refractivity contribution in [2.45, 2.75) is 0 Å². The molecule has 40 heavy (non-hydrogen) atoms. The third kappa shape index (κ3) is 4.18. The lowest BCUT2D eigenvalue weighted by Gasteiger charge is -2.25. The number of nitrogens with zero attached hydrogens (tertiary/aromatic N) is 3. The Bertz CT molecular complexity index is 1670. The lowest BCUT2D eigenvalue weighted by Crippen LogP contribution is -2.09. The molecule has 0 bridgehead atoms. The highest BCUT2D eigenvalue weighted by molar-refractivity contribution is 6.10. The van der Waals surface area contributed by atoms with E-state index < -0.39 is 0 Å². The maximum Gasteiger partial charge on any atom is 0.0509 e. The second kappa shape index (κ2) is 10.1. The zero-order chi connectivity index (χ0) is 26.9. The van der Waals surface area contributed by atoms with Crippen molar-refractivity contribution in [2.75, 3.05) is 9.80 Å². The van der Waals surface area contributed by atoms with Gasteiger partial charge in [0.2, 0.25) is 0 Å². The summed E-state index contributed by atoms with van der Waals surface area (Å²) in [7, 11) is 2.17. The molecule has 0 atom stereocenters. The molecule has 192 valence electrons. The van der Waals surface area contributed by atoms with Crippen molar-refractivity contribution < 1.29 is 0 Å². The van der Waals surface area contributed by atoms with Gasteiger partial charge in [0.05, 0.1) is 11.0 Å². The molecule has 0 unspecified atom stereocenters. The number of hydrogen-bond donors (Lipinski definition) is 0. The van der Waals surface area contributed by atoms with E-state index in [9.17, 15) is 0 Å². The molecule has 0 radical (unpaired) electrons. The third-order valence-corrected chi connectivity index (χ3v) is 7.55. The Morgan fingerprint density at radius 1 is 0.350 bits per heavy atom. The molecule has 0 aliphatic rings. The lowest BCUT2D eigenvalue weighted by atomic mass is 10.1. The van der Waals surface area contributed by atoms with E-state index in [1.54, 1.807) is 0 Å². The van der Waals surface area contributed by atoms with E-state index in [1.807, 2.05) is 0 Å². The Hall–Kier alpha value is -5.28. The molecule has 0 aliphatic heterocycles. The maximum atomic E-state index is 2.32. The fourth-order valence-corrected chi connectivity index (χ4v) is 5.66. The highest BCUT2D eigenvalue weighted by atomic mass is 15.1. The Balaban J connectivity index is 1.39. The van der Waals surface area contributed by atoms with Gasteiger partial charge in [0.15, 0.2) is 0 Å². The van der Waals surface area contributed by atoms with Crippen LogP contribution in [0.2, 0.25) is 0 Å². The van der Waals surface area contributed by atoms with Crippen molar-refractivity contribution in [2.24, 2.45) is 7.05 Å². The number of para-hydroxylation sites is 4. The average molecular weight is 516 g/mol. The van der Waals surface area contributed by atoms with Gasteiger partial charge in [-0.15, -0.1) is 0 Å². The van der Waals surface area contributed by atoms with E-state index in [-0.39, 0.29) is 0 Å². The van der Waals surface area contributed by atoms with Gasteiger partial charge in [-0.05, 0) is 72.8 Å². The van der Waals surface area contributed by atoms with Crippen LogP contribution in [-0.4, -0.2) is 4.57 Å². The first-order chi connectivity index (χ1) is 19.8. The van der Waals surface area contributed by atoms with Crippen LogP contribution < -0.4 is 9.80 Å². The quantitative estimate of drug-likeness (QED) is 0.218. The SMILES string of the molecule is Cn1c2cc(N(c3ccccc3)c3ccccc3)ccc2c2ccc(N(c3ccccc3)c3ccccc3)cc21. The molecule has 0 amide bonds. The minimum Gasteiger partial charge on any atom is -0.343 e. The van der Waals surface area contributed by atoms with Gasteiger partial charge in [-0.2, -0.15) is 0 Å². The number of rotatable bonds is 6. The topological polar surface area (TPSA) is 11.4 Å². The smallest absolute Gasteiger partial charge is 0.0509 e. The van der Waals surface area contributed by atoms with Crippen LogP contribution in [0.15, 0.2) is 158 Å². The largest absolute Gasteiger partial charge is 0.343 e. The normalized spacial score (nSPS) is 11.1. The predicted molar refractivity (Wildman–Crippen MR) is 170 cm³/mol. The highest BCUT2D eigenvalue weighted by Crippen LogP contribution is 2.40. The van der Waals surface area contributed by atoms with Crippen LogP contribution >= 0.6 is 0 Å². The summed E-state index contributed by atoms with van der Waals surface area (Å²) in [5.41, 5.74) is 9.20. The van der Waals surface area contributed by atoms with Gasteiger partial charge in [0, 0.05) is 51.9 Å². The van der Waals surface area contributed by atoms with Crippen molar-refractivity contribution >= 4 is 55.9 Å². The molecule has 0 saturated carbocycles. The zero-order valence-electron chi connectivity index (χ0n) is 22.4. The van der Waals surface area contributed by atoms with Crippen molar-refractivity contribution in [1.29, 1.82) is 0 Å². The molecule has 0 fully saturated rings. The van der Waals surface area contributed by atoms with E-state index in [0.29, 0.717) is 0 Å². The van der Waals surface area contributed by atoms with Crippen molar-refractivity contribution in [3.05, 3.63) is 158 Å². The average Bonchev–Trinajstić information content (AvgIpc) is 3.30. The van der Waals surface area contributed by atoms with E-state index in [0.717, 1.165) is 34.1 Å². The summed E-state index contributed by atoms with van der Waals surface area (Å²) >= 11 is 0. The standard InChI is InChI=1S/C37H29N3/c1-38-36-26-32(39(28-14-6-2-7-15-28)29-16-8-3-9-17-29)22-24-34(36)35-25-23-33(27-37(35)38)40(30-18-10-4-11-19-30)31-20-12-5-13-21-31/h2-27H,1H3. The van der Waals surface area contributed by atoms with Gasteiger partial charge in [-0.25, -0.2) is 0 Å². The summed E-state index contributed by atoms with van der Waals surface area (Å²) in [5, 5.41) is 2.50. The lowest BCUT2D eigenvalue weighted by molar-refractivity contribution is 1.01. The minimum atomic E-state index is 1.13. The summed E-state index contributed by atoms with van der Waals surface area (Å²) in [4.78, 5) is 4.63. The molecule has 7 aromatic rings. The Morgan fingerprint density at radius 3 is 0.950 bits per heavy atom. The predicted octanol–water partition coefficient (Wildman–Crippen LogP) is 10.3. The molecule has 1 aromatic heterocycles. The summed E-state index contributed by atoms with van der Waals surface area (Å²) in [5.74, 6) is 0. The Morgan fingerprint density at radius 2 is 0.650 bits per heavy atom. The van der Waals surface area contributed by atoms with Gasteiger partial charge in [0.25, 0.3) is 0 Å². The Kier molecular flexibility index (Phi) is 6.02. The maximum absolute atomic E-state index is 2.32. The summed E-state index contributed by atoms with van der Waals surface area (Å²) in [6.07, 6.45) is 0. The van der Waals surface area contributed by atoms with Gasteiger partial charge in [-0.3, -0.25) is 0 Å². The first kappa shape index (κ1) is 23.8. The molecule has 7 rings (SSSR count). The molecule has 0 N–H and O–H groups in total. The first-order valence-corrected chi connectivity index (χ1v) is 13.6. The van der Waals surface area contributed by atoms with E-state index in [1.165, 1.54) is 21.8 Å². The molecular weight excluding hydrogens is 486 g/mol. The number of anilines is 6. The molecule has 3 heteroatoms. The molecular formula is C37H29N3. The number of benzene rings is 6. The van der Waals surface area contributed by atoms with Crippen molar-refractivity contribution in [1.82, 2.24) is 4.57 Å². The molecule has 1 heterocycles. The van der Waals surface area contributed by atoms with E-state index in [4.69, 9.17) is 0 Å². The van der Waals surface area contributed by atoms with Crippen LogP contribution in [0, 0.1) is 0 Å². The molecule has 0 aliphatic carbocycles. The van der Waals surface area contributed by atoms with Crippen LogP contribution in [-0.2, 0) is 7.05 Å². The zero-order valence-corrected chi connectivity index (χ0v) is 22.4. The number of fused-ring (bicyclic) bond motifs is 3. The Labute approximate surface area is 234 Å². The van der Waals surface area contributed by atoms with Crippen LogP contribution in [0.1, 0.15) is 0 Å². The van der Waals surface area contributed by atoms with Crippen LogP contribution in [0.4, 0.5) is 34.1 Å². The minimum absolute atomic E-state index is 1.13. The molecule has 3 nitrogen and oxygen atoms in total. The van der Waals surface area contributed by atoms with Crippen LogP contribution in [0.25, 0.3) is 21.8 Å². The fraction of sp³-hybridized carbons (Fsp3) is 0.0270. The monoisotopic (exact) mass is 515 g/mol. The van der Waals surface area contributed by atoms with Crippen molar-refractivity contribution in [3.8, 4) is 0 Å². The first-order valence-electron chi connectivity index (χ1n) is 13.6. The second-order valence-corrected chi connectivity index (χ2v) is 9.97. The van der Waals surface area contributed by atoms with Gasteiger partial charge in [-0.1, -0.05) is 84.9 Å². The fourth-order valence-electron chi connectivity index (χ4n) is 5.66. The summed E-state index contributed by atoms with van der Waals surface area (Å²) in [6.45, 7) is 0. The molecule has 0 saturated heterocycles. The van der Waals surface area contributed by atoms with Gasteiger partial charge in [0.1, 0.15) is 0 Å². The van der Waals surface area contributed by atoms with Gasteiger partial charge >= 0.3 is 0 Å². The number of aryl methyl sites for hydroxylation is 1. The van der Waals surface area contributed by atoms with E-state index in [2.05, 4.69) is 179 Å². The van der Waals surface area contributed by atoms with Gasteiger partial charge < -0.3 is 14.4 Å². The highest BCUT2D eigenvalue weighted by Gasteiger charge is 2.17. The third-order valence-electron chi connectivity index (χ3n) is 7.55. The number of hydrogen-bond acceptors (Lipinski definition) is 2. The summed E-state index contributed by atoms with van der Waals surface area (Å²) < 4.78 is 2.32. The molecule has 6 aromatic carbocycles.